The molecule has 62 valence electrons. The van der Waals surface area contributed by atoms with Gasteiger partial charge in [-0.15, -0.1) is 4.89 Å². The minimum absolute atomic E-state index is 0.605. The minimum Gasteiger partial charge on any atom is -0.133 e. The van der Waals surface area contributed by atoms with Crippen LogP contribution in [0.5, 0.6) is 0 Å². The fraction of sp³-hybridized carbons (Fsp3) is 0.600. The quantitative estimate of drug-likeness (QED) is 0.711. The van der Waals surface area contributed by atoms with Crippen molar-refractivity contribution in [3.05, 3.63) is 10.3 Å². The fourth-order valence-corrected chi connectivity index (χ4v) is 3.73. The Labute approximate surface area is 74.5 Å². The second-order valence-corrected chi connectivity index (χ2v) is 5.93. The second-order valence-electron chi connectivity index (χ2n) is 2.14. The van der Waals surface area contributed by atoms with E-state index in [4.69, 9.17) is 9.42 Å². The Morgan fingerprint density at radius 1 is 1.82 bits per heavy atom. The van der Waals surface area contributed by atoms with E-state index in [-0.39, 0.29) is 0 Å². The summed E-state index contributed by atoms with van der Waals surface area (Å²) in [5.74, 6) is 0. The molecule has 6 heteroatoms. The summed E-state index contributed by atoms with van der Waals surface area (Å²) in [6, 6.07) is 0. The minimum atomic E-state index is -2.50. The van der Waals surface area contributed by atoms with Gasteiger partial charge in [0.25, 0.3) is 0 Å². The van der Waals surface area contributed by atoms with Gasteiger partial charge in [0.2, 0.25) is 4.27 Å². The molecule has 0 aliphatic carbocycles. The summed E-state index contributed by atoms with van der Waals surface area (Å²) in [4.78, 5) is 9.61. The third-order valence-corrected chi connectivity index (χ3v) is 4.36. The summed E-state index contributed by atoms with van der Waals surface area (Å²) in [5, 5.41) is 1.92. The molecule has 0 bridgehead atoms. The first kappa shape index (κ1) is 9.55. The molecule has 0 aromatic carbocycles. The molecule has 0 aromatic heterocycles. The average molecular weight is 211 g/mol. The molecule has 2 unspecified atom stereocenters. The summed E-state index contributed by atoms with van der Waals surface area (Å²) >= 11 is 2.87. The lowest BCUT2D eigenvalue weighted by Gasteiger charge is -2.12. The maximum atomic E-state index is 10.3. The monoisotopic (exact) mass is 211 g/mol. The molecule has 0 spiro atoms. The largest absolute Gasteiger partial charge is 0.697 e. The predicted octanol–water partition coefficient (Wildman–Crippen LogP) is 2.67. The van der Waals surface area contributed by atoms with E-state index >= 15 is 0 Å². The number of allylic oxidation sites excluding steroid dienone is 1. The maximum absolute atomic E-state index is 10.3. The molecular weight excluding hydrogens is 203 g/mol. The van der Waals surface area contributed by atoms with Gasteiger partial charge in [0.05, 0.1) is 0 Å². The number of hydrogen-bond donors (Lipinski definition) is 1. The first-order valence-corrected chi connectivity index (χ1v) is 5.73. The molecule has 1 heterocycles. The molecule has 3 nitrogen and oxygen atoms in total. The Balaban J connectivity index is 2.52. The maximum Gasteiger partial charge on any atom is 0.697 e. The van der Waals surface area contributed by atoms with Gasteiger partial charge in [-0.05, 0) is 24.2 Å². The predicted molar refractivity (Wildman–Crippen MR) is 48.3 cm³/mol. The lowest BCUT2D eigenvalue weighted by Crippen LogP contribution is -2.11. The highest BCUT2D eigenvalue weighted by Gasteiger charge is 2.40. The van der Waals surface area contributed by atoms with Gasteiger partial charge >= 0.3 is 8.25 Å². The Kier molecular flexibility index (Phi) is 3.00. The summed E-state index contributed by atoms with van der Waals surface area (Å²) in [5.41, 5.74) is 0. The van der Waals surface area contributed by atoms with Crippen molar-refractivity contribution in [2.75, 3.05) is 0 Å². The summed E-state index contributed by atoms with van der Waals surface area (Å²) < 4.78 is 14.5. The molecule has 1 rings (SSSR count). The highest BCUT2D eigenvalue weighted by molar-refractivity contribution is 8.23. The van der Waals surface area contributed by atoms with Crippen LogP contribution >= 0.6 is 31.8 Å². The van der Waals surface area contributed by atoms with Crippen LogP contribution < -0.4 is 0 Å². The van der Waals surface area contributed by atoms with Crippen molar-refractivity contribution in [2.45, 2.75) is 18.1 Å². The zero-order valence-electron chi connectivity index (χ0n) is 6.10. The van der Waals surface area contributed by atoms with Crippen molar-refractivity contribution in [1.29, 1.82) is 0 Å². The highest BCUT2D eigenvalue weighted by Crippen LogP contribution is 2.52. The molecule has 1 N–H and O–H groups in total. The van der Waals surface area contributed by atoms with Gasteiger partial charge < -0.3 is 0 Å². The van der Waals surface area contributed by atoms with Gasteiger partial charge in [-0.3, -0.25) is 0 Å². The standard InChI is InChI=1S/C5H7O3PS2/c1-4-3-10-5(2,11-4)8-9(6)7/h3H,1-2H3/p+1. The van der Waals surface area contributed by atoms with Crippen LogP contribution in [0.25, 0.3) is 0 Å². The van der Waals surface area contributed by atoms with Crippen LogP contribution in [0.3, 0.4) is 0 Å². The van der Waals surface area contributed by atoms with Crippen LogP contribution in [0.15, 0.2) is 10.3 Å². The van der Waals surface area contributed by atoms with Crippen molar-refractivity contribution in [3.63, 3.8) is 0 Å². The van der Waals surface area contributed by atoms with Crippen LogP contribution in [-0.2, 0) is 9.09 Å². The number of hydrogen-bond acceptors (Lipinski definition) is 4. The third kappa shape index (κ3) is 2.76. The Bertz CT molecular complexity index is 218. The molecular formula is C5H8O3PS2+. The van der Waals surface area contributed by atoms with Crippen molar-refractivity contribution < 1.29 is 14.0 Å². The van der Waals surface area contributed by atoms with Gasteiger partial charge in [0.1, 0.15) is 0 Å². The van der Waals surface area contributed by atoms with E-state index in [2.05, 4.69) is 0 Å². The summed E-state index contributed by atoms with van der Waals surface area (Å²) in [6.07, 6.45) is 0. The van der Waals surface area contributed by atoms with E-state index < -0.39 is 12.5 Å². The van der Waals surface area contributed by atoms with Gasteiger partial charge in [-0.2, -0.15) is 0 Å². The van der Waals surface area contributed by atoms with Gasteiger partial charge in [0, 0.05) is 4.57 Å². The SMILES string of the molecule is CC1=CSC(C)(O[P+](=O)O)S1. The van der Waals surface area contributed by atoms with Crippen LogP contribution in [0.1, 0.15) is 13.8 Å². The average Bonchev–Trinajstić information content (AvgIpc) is 2.08. The van der Waals surface area contributed by atoms with E-state index in [1.807, 2.05) is 12.3 Å². The molecule has 0 aromatic rings. The molecule has 1 aliphatic heterocycles. The van der Waals surface area contributed by atoms with Crippen molar-refractivity contribution >= 4 is 31.8 Å². The highest BCUT2D eigenvalue weighted by atomic mass is 32.2. The molecule has 0 amide bonds. The molecule has 11 heavy (non-hydrogen) atoms. The van der Waals surface area contributed by atoms with Crippen LogP contribution in [0.4, 0.5) is 0 Å². The van der Waals surface area contributed by atoms with Gasteiger partial charge in [-0.25, -0.2) is 0 Å². The van der Waals surface area contributed by atoms with Crippen LogP contribution in [0, 0.1) is 0 Å². The van der Waals surface area contributed by atoms with E-state index in [1.165, 1.54) is 23.5 Å². The van der Waals surface area contributed by atoms with Gasteiger partial charge in [0.15, 0.2) is 0 Å². The van der Waals surface area contributed by atoms with E-state index in [1.54, 1.807) is 6.92 Å². The Hall–Kier alpha value is 0.460. The van der Waals surface area contributed by atoms with Crippen molar-refractivity contribution in [1.82, 2.24) is 0 Å². The second kappa shape index (κ2) is 3.46. The van der Waals surface area contributed by atoms with E-state index in [0.717, 1.165) is 4.91 Å². The van der Waals surface area contributed by atoms with Gasteiger partial charge in [-0.1, -0.05) is 28.0 Å². The molecule has 0 saturated heterocycles. The molecule has 0 fully saturated rings. The zero-order valence-corrected chi connectivity index (χ0v) is 8.63. The Morgan fingerprint density at radius 3 is 2.82 bits per heavy atom. The molecule has 1 aliphatic rings. The molecule has 2 atom stereocenters. The van der Waals surface area contributed by atoms with Crippen molar-refractivity contribution in [2.24, 2.45) is 0 Å². The smallest absolute Gasteiger partial charge is 0.133 e. The first-order valence-electron chi connectivity index (χ1n) is 2.91. The van der Waals surface area contributed by atoms with Crippen LogP contribution in [-0.4, -0.2) is 9.16 Å². The summed E-state index contributed by atoms with van der Waals surface area (Å²) in [7, 11) is -2.50. The fourth-order valence-electron chi connectivity index (χ4n) is 0.713. The molecule has 0 radical (unpaired) electrons. The summed E-state index contributed by atoms with van der Waals surface area (Å²) in [6.45, 7) is 3.72. The third-order valence-electron chi connectivity index (χ3n) is 1.03. The topological polar surface area (TPSA) is 46.5 Å². The van der Waals surface area contributed by atoms with Crippen LogP contribution in [0.2, 0.25) is 0 Å². The number of thioether (sulfide) groups is 2. The normalized spacial score (nSPS) is 31.9. The van der Waals surface area contributed by atoms with E-state index in [9.17, 15) is 4.57 Å². The molecule has 0 saturated carbocycles. The zero-order chi connectivity index (χ0) is 8.48. The Morgan fingerprint density at radius 2 is 2.45 bits per heavy atom. The first-order chi connectivity index (χ1) is 5.02. The van der Waals surface area contributed by atoms with E-state index in [0.29, 0.717) is 0 Å². The lowest BCUT2D eigenvalue weighted by molar-refractivity contribution is 0.252. The lowest BCUT2D eigenvalue weighted by atomic mass is 10.8. The number of rotatable bonds is 2. The van der Waals surface area contributed by atoms with Crippen molar-refractivity contribution in [3.8, 4) is 0 Å².